The normalized spacial score (nSPS) is 9.96. The van der Waals surface area contributed by atoms with Gasteiger partial charge in [0.15, 0.2) is 12.4 Å². The van der Waals surface area contributed by atoms with Gasteiger partial charge in [-0.25, -0.2) is 4.79 Å². The summed E-state index contributed by atoms with van der Waals surface area (Å²) in [6.07, 6.45) is 2.17. The standard InChI is InChI=1S/C18H17NO6/c1-3-6-13-11-14(23-2)9-10-16(13)25-18(20)12-24-17-8-5-4-7-15(17)19(21)22/h3-5,7-11H,1,6,12H2,2H3. The quantitative estimate of drug-likeness (QED) is 0.240. The molecule has 0 aliphatic rings. The average molecular weight is 343 g/mol. The number of rotatable bonds is 8. The van der Waals surface area contributed by atoms with Crippen molar-refractivity contribution in [2.75, 3.05) is 13.7 Å². The van der Waals surface area contributed by atoms with Crippen LogP contribution < -0.4 is 14.2 Å². The Morgan fingerprint density at radius 3 is 2.68 bits per heavy atom. The van der Waals surface area contributed by atoms with Gasteiger partial charge in [-0.3, -0.25) is 10.1 Å². The zero-order valence-electron chi connectivity index (χ0n) is 13.6. The highest BCUT2D eigenvalue weighted by Gasteiger charge is 2.16. The van der Waals surface area contributed by atoms with Crippen molar-refractivity contribution in [1.82, 2.24) is 0 Å². The van der Waals surface area contributed by atoms with E-state index in [9.17, 15) is 14.9 Å². The summed E-state index contributed by atoms with van der Waals surface area (Å²) in [4.78, 5) is 22.3. The minimum Gasteiger partial charge on any atom is -0.497 e. The Labute approximate surface area is 144 Å². The molecule has 130 valence electrons. The van der Waals surface area contributed by atoms with Gasteiger partial charge in [-0.15, -0.1) is 6.58 Å². The first kappa shape index (κ1) is 18.0. The van der Waals surface area contributed by atoms with Crippen LogP contribution in [0.4, 0.5) is 5.69 Å². The zero-order valence-corrected chi connectivity index (χ0v) is 13.6. The maximum atomic E-state index is 12.0. The Morgan fingerprint density at radius 2 is 2.00 bits per heavy atom. The fourth-order valence-corrected chi connectivity index (χ4v) is 2.12. The number of nitro benzene ring substituents is 1. The zero-order chi connectivity index (χ0) is 18.2. The first-order valence-corrected chi connectivity index (χ1v) is 7.40. The van der Waals surface area contributed by atoms with Crippen LogP contribution in [0.1, 0.15) is 5.56 Å². The molecule has 0 bridgehead atoms. The highest BCUT2D eigenvalue weighted by molar-refractivity contribution is 5.74. The molecule has 2 aromatic rings. The Kier molecular flexibility index (Phi) is 6.11. The van der Waals surface area contributed by atoms with Gasteiger partial charge in [0.25, 0.3) is 0 Å². The van der Waals surface area contributed by atoms with Crippen LogP contribution in [0.5, 0.6) is 17.2 Å². The number of nitrogens with zero attached hydrogens (tertiary/aromatic N) is 1. The topological polar surface area (TPSA) is 87.9 Å². The van der Waals surface area contributed by atoms with Crippen LogP contribution in [0.3, 0.4) is 0 Å². The third-order valence-corrected chi connectivity index (χ3v) is 3.26. The van der Waals surface area contributed by atoms with E-state index in [4.69, 9.17) is 14.2 Å². The molecule has 0 saturated carbocycles. The molecule has 7 heteroatoms. The van der Waals surface area contributed by atoms with Crippen molar-refractivity contribution in [3.63, 3.8) is 0 Å². The smallest absolute Gasteiger partial charge is 0.349 e. The lowest BCUT2D eigenvalue weighted by atomic mass is 10.1. The van der Waals surface area contributed by atoms with Gasteiger partial charge in [0.1, 0.15) is 11.5 Å². The predicted octanol–water partition coefficient (Wildman–Crippen LogP) is 3.32. The number of nitro groups is 1. The van der Waals surface area contributed by atoms with E-state index in [1.54, 1.807) is 37.5 Å². The third-order valence-electron chi connectivity index (χ3n) is 3.26. The second kappa shape index (κ2) is 8.49. The molecule has 0 amide bonds. The molecule has 0 heterocycles. The Morgan fingerprint density at radius 1 is 1.24 bits per heavy atom. The third kappa shape index (κ3) is 4.81. The van der Waals surface area contributed by atoms with Crippen LogP contribution in [0.2, 0.25) is 0 Å². The summed E-state index contributed by atoms with van der Waals surface area (Å²) in [5.41, 5.74) is 0.514. The van der Waals surface area contributed by atoms with Crippen LogP contribution in [-0.2, 0) is 11.2 Å². The molecule has 0 N–H and O–H groups in total. The van der Waals surface area contributed by atoms with Gasteiger partial charge in [-0.1, -0.05) is 18.2 Å². The minimum atomic E-state index is -0.673. The molecule has 7 nitrogen and oxygen atoms in total. The molecule has 2 aromatic carbocycles. The number of esters is 1. The Hall–Kier alpha value is -3.35. The number of allylic oxidation sites excluding steroid dienone is 1. The summed E-state index contributed by atoms with van der Waals surface area (Å²) in [5.74, 6) is 0.323. The molecule has 0 aliphatic heterocycles. The largest absolute Gasteiger partial charge is 0.497 e. The number of carbonyl (C=O) groups is 1. The Balaban J connectivity index is 2.06. The number of hydrogen-bond acceptors (Lipinski definition) is 6. The maximum Gasteiger partial charge on any atom is 0.349 e. The van der Waals surface area contributed by atoms with Crippen molar-refractivity contribution in [3.8, 4) is 17.2 Å². The molecule has 0 unspecified atom stereocenters. The van der Waals surface area contributed by atoms with Gasteiger partial charge in [0.2, 0.25) is 0 Å². The summed E-state index contributed by atoms with van der Waals surface area (Å²) in [5, 5.41) is 10.9. The van der Waals surface area contributed by atoms with Crippen molar-refractivity contribution in [2.45, 2.75) is 6.42 Å². The monoisotopic (exact) mass is 343 g/mol. The second-order valence-electron chi connectivity index (χ2n) is 4.95. The maximum absolute atomic E-state index is 12.0. The van der Waals surface area contributed by atoms with Crippen LogP contribution in [0.15, 0.2) is 55.1 Å². The fourth-order valence-electron chi connectivity index (χ4n) is 2.12. The fraction of sp³-hybridized carbons (Fsp3) is 0.167. The first-order chi connectivity index (χ1) is 12.0. The number of hydrogen-bond donors (Lipinski definition) is 0. The number of carbonyl (C=O) groups excluding carboxylic acids is 1. The van der Waals surface area contributed by atoms with Crippen molar-refractivity contribution < 1.29 is 23.9 Å². The average Bonchev–Trinajstić information content (AvgIpc) is 2.61. The van der Waals surface area contributed by atoms with Crippen molar-refractivity contribution in [3.05, 3.63) is 70.8 Å². The molecule has 0 spiro atoms. The van der Waals surface area contributed by atoms with Crippen molar-refractivity contribution in [1.29, 1.82) is 0 Å². The summed E-state index contributed by atoms with van der Waals surface area (Å²) >= 11 is 0. The molecule has 0 aromatic heterocycles. The van der Waals surface area contributed by atoms with Crippen LogP contribution in [0.25, 0.3) is 0 Å². The highest BCUT2D eigenvalue weighted by atomic mass is 16.6. The Bertz CT molecular complexity index is 787. The van der Waals surface area contributed by atoms with Gasteiger partial charge >= 0.3 is 11.7 Å². The van der Waals surface area contributed by atoms with Crippen LogP contribution >= 0.6 is 0 Å². The predicted molar refractivity (Wildman–Crippen MR) is 91.1 cm³/mol. The number of para-hydroxylation sites is 2. The van der Waals surface area contributed by atoms with E-state index in [0.717, 1.165) is 5.56 Å². The second-order valence-corrected chi connectivity index (χ2v) is 4.95. The molecular weight excluding hydrogens is 326 g/mol. The molecule has 0 saturated heterocycles. The molecule has 25 heavy (non-hydrogen) atoms. The van der Waals surface area contributed by atoms with Gasteiger partial charge in [-0.05, 0) is 30.7 Å². The van der Waals surface area contributed by atoms with E-state index in [0.29, 0.717) is 17.9 Å². The van der Waals surface area contributed by atoms with E-state index in [1.807, 2.05) is 0 Å². The molecule has 0 fully saturated rings. The summed E-state index contributed by atoms with van der Waals surface area (Å²) in [6, 6.07) is 10.8. The number of methoxy groups -OCH3 is 1. The molecular formula is C18H17NO6. The number of benzene rings is 2. The van der Waals surface area contributed by atoms with Crippen molar-refractivity contribution >= 4 is 11.7 Å². The molecule has 0 aliphatic carbocycles. The summed E-state index contributed by atoms with van der Waals surface area (Å²) < 4.78 is 15.6. The molecule has 0 radical (unpaired) electrons. The summed E-state index contributed by atoms with van der Waals surface area (Å²) in [7, 11) is 1.54. The van der Waals surface area contributed by atoms with Crippen LogP contribution in [0, 0.1) is 10.1 Å². The minimum absolute atomic E-state index is 0.00509. The van der Waals surface area contributed by atoms with E-state index in [1.165, 1.54) is 18.2 Å². The SMILES string of the molecule is C=CCc1cc(OC)ccc1OC(=O)COc1ccccc1[N+](=O)[O-]. The van der Waals surface area contributed by atoms with E-state index in [-0.39, 0.29) is 11.4 Å². The van der Waals surface area contributed by atoms with Gasteiger partial charge in [0.05, 0.1) is 12.0 Å². The molecule has 0 atom stereocenters. The lowest BCUT2D eigenvalue weighted by molar-refractivity contribution is -0.385. The van der Waals surface area contributed by atoms with Gasteiger partial charge in [-0.2, -0.15) is 0 Å². The van der Waals surface area contributed by atoms with E-state index >= 15 is 0 Å². The van der Waals surface area contributed by atoms with Crippen LogP contribution in [-0.4, -0.2) is 24.6 Å². The molecule has 2 rings (SSSR count). The van der Waals surface area contributed by atoms with E-state index < -0.39 is 17.5 Å². The highest BCUT2D eigenvalue weighted by Crippen LogP contribution is 2.27. The van der Waals surface area contributed by atoms with E-state index in [2.05, 4.69) is 6.58 Å². The lowest BCUT2D eigenvalue weighted by Gasteiger charge is -2.11. The van der Waals surface area contributed by atoms with Gasteiger partial charge in [0, 0.05) is 11.6 Å². The van der Waals surface area contributed by atoms with Gasteiger partial charge < -0.3 is 14.2 Å². The lowest BCUT2D eigenvalue weighted by Crippen LogP contribution is -2.18. The first-order valence-electron chi connectivity index (χ1n) is 7.40. The number of ether oxygens (including phenoxy) is 3. The summed E-state index contributed by atoms with van der Waals surface area (Å²) in [6.45, 7) is 3.21. The van der Waals surface area contributed by atoms with Crippen molar-refractivity contribution in [2.24, 2.45) is 0 Å².